The molecule has 3 aromatic rings. The van der Waals surface area contributed by atoms with Crippen molar-refractivity contribution in [2.45, 2.75) is 37.5 Å². The summed E-state index contributed by atoms with van der Waals surface area (Å²) < 4.78 is 16.3. The van der Waals surface area contributed by atoms with Crippen LogP contribution >= 0.6 is 11.8 Å². The van der Waals surface area contributed by atoms with Gasteiger partial charge in [-0.25, -0.2) is 4.39 Å². The number of carbonyl (C=O) groups is 1. The van der Waals surface area contributed by atoms with Crippen LogP contribution in [0.3, 0.4) is 0 Å². The summed E-state index contributed by atoms with van der Waals surface area (Å²) in [5, 5.41) is 9.20. The Morgan fingerprint density at radius 1 is 1.14 bits per heavy atom. The van der Waals surface area contributed by atoms with Gasteiger partial charge < -0.3 is 4.90 Å². The predicted molar refractivity (Wildman–Crippen MR) is 112 cm³/mol. The average Bonchev–Trinajstić information content (AvgIpc) is 3.50. The second-order valence-electron chi connectivity index (χ2n) is 7.07. The number of aromatic nitrogens is 3. The highest BCUT2D eigenvalue weighted by Crippen LogP contribution is 2.41. The molecule has 0 N–H and O–H groups in total. The molecule has 1 amide bonds. The summed E-state index contributed by atoms with van der Waals surface area (Å²) in [6.45, 7) is 3.21. The van der Waals surface area contributed by atoms with Gasteiger partial charge in [-0.15, -0.1) is 10.2 Å². The van der Waals surface area contributed by atoms with Crippen LogP contribution < -0.4 is 0 Å². The van der Waals surface area contributed by atoms with E-state index < -0.39 is 0 Å². The lowest BCUT2D eigenvalue weighted by molar-refractivity contribution is -0.128. The first-order valence-electron chi connectivity index (χ1n) is 9.81. The molecule has 0 spiro atoms. The molecule has 0 bridgehead atoms. The van der Waals surface area contributed by atoms with Crippen molar-refractivity contribution in [3.05, 3.63) is 66.0 Å². The first kappa shape index (κ1) is 19.6. The molecule has 0 aliphatic heterocycles. The third kappa shape index (κ3) is 4.50. The Hall–Kier alpha value is -2.67. The Bertz CT molecular complexity index is 987. The van der Waals surface area contributed by atoms with Gasteiger partial charge in [0.15, 0.2) is 11.0 Å². The van der Waals surface area contributed by atoms with E-state index >= 15 is 0 Å². The van der Waals surface area contributed by atoms with E-state index in [1.54, 1.807) is 18.2 Å². The van der Waals surface area contributed by atoms with E-state index in [1.807, 2.05) is 46.7 Å². The van der Waals surface area contributed by atoms with Crippen molar-refractivity contribution in [3.63, 3.8) is 0 Å². The number of rotatable bonds is 8. The minimum Gasteiger partial charge on any atom is -0.338 e. The van der Waals surface area contributed by atoms with Crippen LogP contribution in [0.25, 0.3) is 11.4 Å². The van der Waals surface area contributed by atoms with Gasteiger partial charge in [0, 0.05) is 19.1 Å². The maximum atomic E-state index is 14.3. The van der Waals surface area contributed by atoms with Crippen molar-refractivity contribution in [3.8, 4) is 11.4 Å². The molecule has 2 aromatic carbocycles. The molecule has 5 nitrogen and oxygen atoms in total. The summed E-state index contributed by atoms with van der Waals surface area (Å²) in [4.78, 5) is 14.6. The zero-order valence-corrected chi connectivity index (χ0v) is 17.1. The molecule has 1 heterocycles. The Labute approximate surface area is 173 Å². The maximum Gasteiger partial charge on any atom is 0.233 e. The van der Waals surface area contributed by atoms with Gasteiger partial charge >= 0.3 is 0 Å². The highest BCUT2D eigenvalue weighted by Gasteiger charge is 2.31. The lowest BCUT2D eigenvalue weighted by atomic mass is 10.2. The number of hydrogen-bond acceptors (Lipinski definition) is 4. The number of halogens is 1. The fourth-order valence-electron chi connectivity index (χ4n) is 3.26. The van der Waals surface area contributed by atoms with Crippen LogP contribution in [0.1, 0.15) is 31.4 Å². The lowest BCUT2D eigenvalue weighted by Gasteiger charge is -2.21. The summed E-state index contributed by atoms with van der Waals surface area (Å²) in [6.07, 6.45) is 2.05. The van der Waals surface area contributed by atoms with E-state index in [2.05, 4.69) is 10.2 Å². The molecule has 0 radical (unpaired) electrons. The largest absolute Gasteiger partial charge is 0.338 e. The molecule has 150 valence electrons. The Balaban J connectivity index is 1.48. The van der Waals surface area contributed by atoms with Gasteiger partial charge in [-0.2, -0.15) is 0 Å². The Kier molecular flexibility index (Phi) is 5.94. The number of nitrogens with zero attached hydrogens (tertiary/aromatic N) is 4. The summed E-state index contributed by atoms with van der Waals surface area (Å²) >= 11 is 1.37. The Morgan fingerprint density at radius 3 is 2.55 bits per heavy atom. The van der Waals surface area contributed by atoms with E-state index in [4.69, 9.17) is 0 Å². The van der Waals surface area contributed by atoms with Crippen molar-refractivity contribution in [2.24, 2.45) is 0 Å². The minimum absolute atomic E-state index is 0.0548. The van der Waals surface area contributed by atoms with E-state index in [9.17, 15) is 9.18 Å². The zero-order chi connectivity index (χ0) is 20.2. The molecule has 1 aliphatic carbocycles. The summed E-state index contributed by atoms with van der Waals surface area (Å²) in [5.41, 5.74) is 1.56. The molecular formula is C22H23FN4OS. The highest BCUT2D eigenvalue weighted by atomic mass is 32.2. The van der Waals surface area contributed by atoms with E-state index in [-0.39, 0.29) is 23.5 Å². The van der Waals surface area contributed by atoms with E-state index in [0.29, 0.717) is 29.6 Å². The van der Waals surface area contributed by atoms with Gasteiger partial charge in [0.05, 0.1) is 11.3 Å². The third-order valence-corrected chi connectivity index (χ3v) is 5.89. The molecule has 4 rings (SSSR count). The van der Waals surface area contributed by atoms with E-state index in [1.165, 1.54) is 17.8 Å². The quantitative estimate of drug-likeness (QED) is 0.511. The van der Waals surface area contributed by atoms with Crippen LogP contribution in [-0.2, 0) is 11.3 Å². The average molecular weight is 411 g/mol. The molecule has 0 atom stereocenters. The molecular weight excluding hydrogens is 387 g/mol. The summed E-state index contributed by atoms with van der Waals surface area (Å²) in [6, 6.07) is 16.9. The van der Waals surface area contributed by atoms with Crippen LogP contribution in [0, 0.1) is 5.82 Å². The zero-order valence-electron chi connectivity index (χ0n) is 16.3. The normalized spacial score (nSPS) is 13.4. The third-order valence-electron chi connectivity index (χ3n) is 4.97. The number of amides is 1. The van der Waals surface area contributed by atoms with Crippen LogP contribution in [0.15, 0.2) is 59.8 Å². The fourth-order valence-corrected chi connectivity index (χ4v) is 4.17. The number of carbonyl (C=O) groups excluding carboxylic acids is 1. The fraction of sp³-hybridized carbons (Fsp3) is 0.318. The molecule has 7 heteroatoms. The predicted octanol–water partition coefficient (Wildman–Crippen LogP) is 4.56. The topological polar surface area (TPSA) is 51.0 Å². The van der Waals surface area contributed by atoms with E-state index in [0.717, 1.165) is 18.4 Å². The first-order chi connectivity index (χ1) is 14.2. The summed E-state index contributed by atoms with van der Waals surface area (Å²) in [5.74, 6) is 0.564. The molecule has 0 saturated heterocycles. The van der Waals surface area contributed by atoms with Gasteiger partial charge in [-0.3, -0.25) is 9.36 Å². The first-order valence-corrected chi connectivity index (χ1v) is 10.8. The molecule has 29 heavy (non-hydrogen) atoms. The van der Waals surface area contributed by atoms with Gasteiger partial charge in [0.2, 0.25) is 5.91 Å². The maximum absolute atomic E-state index is 14.3. The Morgan fingerprint density at radius 2 is 1.86 bits per heavy atom. The van der Waals surface area contributed by atoms with Crippen molar-refractivity contribution >= 4 is 17.7 Å². The number of benzene rings is 2. The highest BCUT2D eigenvalue weighted by molar-refractivity contribution is 7.99. The lowest BCUT2D eigenvalue weighted by Crippen LogP contribution is -2.31. The van der Waals surface area contributed by atoms with Gasteiger partial charge in [0.1, 0.15) is 5.82 Å². The van der Waals surface area contributed by atoms with Crippen LogP contribution in [-0.4, -0.2) is 37.9 Å². The van der Waals surface area contributed by atoms with Crippen molar-refractivity contribution in [2.75, 3.05) is 12.3 Å². The SMILES string of the molecule is CCN(Cc1ccccc1)C(=O)CSc1nnc(-c2ccccc2F)n1C1CC1. The van der Waals surface area contributed by atoms with Gasteiger partial charge in [-0.05, 0) is 37.5 Å². The second kappa shape index (κ2) is 8.78. The molecule has 1 saturated carbocycles. The van der Waals surface area contributed by atoms with Crippen LogP contribution in [0.2, 0.25) is 0 Å². The number of hydrogen-bond donors (Lipinski definition) is 0. The summed E-state index contributed by atoms with van der Waals surface area (Å²) in [7, 11) is 0. The van der Waals surface area contributed by atoms with Crippen LogP contribution in [0.5, 0.6) is 0 Å². The second-order valence-corrected chi connectivity index (χ2v) is 8.01. The monoisotopic (exact) mass is 410 g/mol. The van der Waals surface area contributed by atoms with Crippen molar-refractivity contribution in [1.82, 2.24) is 19.7 Å². The molecule has 1 aromatic heterocycles. The molecule has 1 aliphatic rings. The van der Waals surface area contributed by atoms with Gasteiger partial charge in [0.25, 0.3) is 0 Å². The van der Waals surface area contributed by atoms with Crippen molar-refractivity contribution in [1.29, 1.82) is 0 Å². The minimum atomic E-state index is -0.311. The standard InChI is InChI=1S/C22H23FN4OS/c1-2-26(14-16-8-4-3-5-9-16)20(28)15-29-22-25-24-21(27(22)17-12-13-17)18-10-6-7-11-19(18)23/h3-11,17H,2,12-15H2,1H3. The molecule has 0 unspecified atom stereocenters. The molecule has 1 fully saturated rings. The van der Waals surface area contributed by atoms with Gasteiger partial charge in [-0.1, -0.05) is 54.2 Å². The number of thioether (sulfide) groups is 1. The van der Waals surface area contributed by atoms with Crippen molar-refractivity contribution < 1.29 is 9.18 Å². The smallest absolute Gasteiger partial charge is 0.233 e. The van der Waals surface area contributed by atoms with Crippen LogP contribution in [0.4, 0.5) is 4.39 Å².